The second-order valence-electron chi connectivity index (χ2n) is 4.85. The van der Waals surface area contributed by atoms with Crippen LogP contribution in [0.5, 0.6) is 0 Å². The highest BCUT2D eigenvalue weighted by Crippen LogP contribution is 2.13. The summed E-state index contributed by atoms with van der Waals surface area (Å²) in [5.74, 6) is 0. The molecule has 0 saturated heterocycles. The molecule has 0 aliphatic carbocycles. The van der Waals surface area contributed by atoms with Gasteiger partial charge >= 0.3 is 0 Å². The molecule has 0 aliphatic rings. The minimum atomic E-state index is -0.744. The number of hydrogen-bond acceptors (Lipinski definition) is 2. The molecule has 0 saturated carbocycles. The molecule has 15 heavy (non-hydrogen) atoms. The number of hydrogen-bond donors (Lipinski definition) is 1. The Bertz CT molecular complexity index is 264. The lowest BCUT2D eigenvalue weighted by Crippen LogP contribution is -2.39. The second kappa shape index (κ2) is 5.61. The number of rotatable bonds is 5. The Morgan fingerprint density at radius 3 is 2.73 bits per heavy atom. The smallest absolute Gasteiger partial charge is 0.113 e. The number of aryl methyl sites for hydroxylation is 1. The maximum absolute atomic E-state index is 13.5. The zero-order chi connectivity index (χ0) is 11.3. The molecule has 1 nitrogen and oxygen atoms in total. The van der Waals surface area contributed by atoms with Crippen molar-refractivity contribution in [3.05, 3.63) is 22.4 Å². The van der Waals surface area contributed by atoms with Crippen molar-refractivity contribution in [3.63, 3.8) is 0 Å². The summed E-state index contributed by atoms with van der Waals surface area (Å²) in [5, 5.41) is 5.22. The molecule has 0 radical (unpaired) electrons. The third-order valence-electron chi connectivity index (χ3n) is 2.14. The number of alkyl halides is 1. The van der Waals surface area contributed by atoms with Crippen molar-refractivity contribution in [1.82, 2.24) is 5.32 Å². The zero-order valence-electron chi connectivity index (χ0n) is 9.72. The normalized spacial score (nSPS) is 14.1. The summed E-state index contributed by atoms with van der Waals surface area (Å²) in [6.07, 6.45) is 0.722. The van der Waals surface area contributed by atoms with Gasteiger partial charge in [0.1, 0.15) is 6.17 Å². The lowest BCUT2D eigenvalue weighted by atomic mass is 10.1. The third-order valence-corrected chi connectivity index (χ3v) is 3.07. The molecule has 0 bridgehead atoms. The van der Waals surface area contributed by atoms with Gasteiger partial charge < -0.3 is 5.32 Å². The van der Waals surface area contributed by atoms with Crippen molar-refractivity contribution >= 4 is 11.3 Å². The van der Waals surface area contributed by atoms with Crippen LogP contribution in [-0.2, 0) is 6.42 Å². The van der Waals surface area contributed by atoms with Crippen molar-refractivity contribution < 1.29 is 4.39 Å². The van der Waals surface area contributed by atoms with E-state index in [-0.39, 0.29) is 5.54 Å². The van der Waals surface area contributed by atoms with Crippen LogP contribution in [0.15, 0.2) is 17.5 Å². The summed E-state index contributed by atoms with van der Waals surface area (Å²) in [6.45, 7) is 6.62. The van der Waals surface area contributed by atoms with E-state index in [1.807, 2.05) is 11.4 Å². The highest BCUT2D eigenvalue weighted by atomic mass is 32.1. The molecule has 1 N–H and O–H groups in total. The summed E-state index contributed by atoms with van der Waals surface area (Å²) in [7, 11) is 0. The molecule has 1 atom stereocenters. The molecule has 1 aromatic rings. The van der Waals surface area contributed by atoms with E-state index in [9.17, 15) is 4.39 Å². The molecule has 0 aliphatic heterocycles. The molecular formula is C12H20FNS. The minimum Gasteiger partial charge on any atom is -0.309 e. The molecule has 0 amide bonds. The number of nitrogens with one attached hydrogen (secondary N) is 1. The van der Waals surface area contributed by atoms with E-state index in [1.165, 1.54) is 4.88 Å². The number of thiophene rings is 1. The molecule has 0 spiro atoms. The Labute approximate surface area is 95.7 Å². The van der Waals surface area contributed by atoms with Crippen LogP contribution >= 0.6 is 11.3 Å². The standard InChI is InChI=1S/C12H20FNS/c1-12(2,3)14-9-10(13)6-7-11-5-4-8-15-11/h4-5,8,10,14H,6-7,9H2,1-3H3. The van der Waals surface area contributed by atoms with E-state index in [1.54, 1.807) is 11.3 Å². The molecule has 1 rings (SSSR count). The van der Waals surface area contributed by atoms with Gasteiger partial charge in [0, 0.05) is 17.0 Å². The first-order valence-electron chi connectivity index (χ1n) is 5.39. The highest BCUT2D eigenvalue weighted by molar-refractivity contribution is 7.09. The largest absolute Gasteiger partial charge is 0.309 e. The predicted molar refractivity (Wildman–Crippen MR) is 65.3 cm³/mol. The average molecular weight is 229 g/mol. The number of halogens is 1. The Kier molecular flexibility index (Phi) is 4.74. The van der Waals surface area contributed by atoms with Gasteiger partial charge in [0.25, 0.3) is 0 Å². The molecule has 1 heterocycles. The first-order valence-corrected chi connectivity index (χ1v) is 6.27. The van der Waals surface area contributed by atoms with Crippen LogP contribution in [-0.4, -0.2) is 18.3 Å². The fraction of sp³-hybridized carbons (Fsp3) is 0.667. The maximum atomic E-state index is 13.5. The summed E-state index contributed by atoms with van der Waals surface area (Å²) < 4.78 is 13.5. The fourth-order valence-electron chi connectivity index (χ4n) is 1.27. The Morgan fingerprint density at radius 1 is 1.47 bits per heavy atom. The quantitative estimate of drug-likeness (QED) is 0.816. The van der Waals surface area contributed by atoms with Gasteiger partial charge in [-0.05, 0) is 45.1 Å². The van der Waals surface area contributed by atoms with E-state index in [2.05, 4.69) is 32.2 Å². The van der Waals surface area contributed by atoms with Gasteiger partial charge in [0.05, 0.1) is 0 Å². The van der Waals surface area contributed by atoms with Gasteiger partial charge in [-0.3, -0.25) is 0 Å². The zero-order valence-corrected chi connectivity index (χ0v) is 10.5. The van der Waals surface area contributed by atoms with Crippen molar-refractivity contribution in [2.75, 3.05) is 6.54 Å². The Hall–Kier alpha value is -0.410. The topological polar surface area (TPSA) is 12.0 Å². The second-order valence-corrected chi connectivity index (χ2v) is 5.88. The fourth-order valence-corrected chi connectivity index (χ4v) is 2.00. The van der Waals surface area contributed by atoms with Gasteiger partial charge in [-0.2, -0.15) is 0 Å². The molecule has 0 fully saturated rings. The van der Waals surface area contributed by atoms with Crippen LogP contribution in [0, 0.1) is 0 Å². The summed E-state index contributed by atoms with van der Waals surface area (Å²) in [5.41, 5.74) is 0.00721. The van der Waals surface area contributed by atoms with Crippen molar-refractivity contribution in [2.24, 2.45) is 0 Å². The molecular weight excluding hydrogens is 209 g/mol. The lowest BCUT2D eigenvalue weighted by Gasteiger charge is -2.21. The minimum absolute atomic E-state index is 0.00721. The monoisotopic (exact) mass is 229 g/mol. The van der Waals surface area contributed by atoms with Crippen LogP contribution in [0.2, 0.25) is 0 Å². The first kappa shape index (κ1) is 12.7. The molecule has 0 aromatic carbocycles. The van der Waals surface area contributed by atoms with Crippen LogP contribution in [0.1, 0.15) is 32.1 Å². The van der Waals surface area contributed by atoms with E-state index in [0.29, 0.717) is 13.0 Å². The van der Waals surface area contributed by atoms with E-state index in [4.69, 9.17) is 0 Å². The van der Waals surface area contributed by atoms with Gasteiger partial charge in [0.2, 0.25) is 0 Å². The van der Waals surface area contributed by atoms with Crippen molar-refractivity contribution in [2.45, 2.75) is 45.3 Å². The summed E-state index contributed by atoms with van der Waals surface area (Å²) in [4.78, 5) is 1.27. The Morgan fingerprint density at radius 2 is 2.20 bits per heavy atom. The van der Waals surface area contributed by atoms with Gasteiger partial charge in [-0.25, -0.2) is 4.39 Å². The SMILES string of the molecule is CC(C)(C)NCC(F)CCc1cccs1. The van der Waals surface area contributed by atoms with Crippen LogP contribution in [0.4, 0.5) is 4.39 Å². The van der Waals surface area contributed by atoms with Gasteiger partial charge in [-0.1, -0.05) is 6.07 Å². The Balaban J connectivity index is 2.16. The highest BCUT2D eigenvalue weighted by Gasteiger charge is 2.13. The maximum Gasteiger partial charge on any atom is 0.113 e. The van der Waals surface area contributed by atoms with Crippen molar-refractivity contribution in [1.29, 1.82) is 0 Å². The molecule has 1 aromatic heterocycles. The average Bonchev–Trinajstić information content (AvgIpc) is 2.62. The van der Waals surface area contributed by atoms with Crippen LogP contribution in [0.25, 0.3) is 0 Å². The van der Waals surface area contributed by atoms with E-state index >= 15 is 0 Å². The summed E-state index contributed by atoms with van der Waals surface area (Å²) in [6, 6.07) is 4.08. The molecule has 86 valence electrons. The lowest BCUT2D eigenvalue weighted by molar-refractivity contribution is 0.273. The predicted octanol–water partition coefficient (Wildman–Crippen LogP) is 3.41. The first-order chi connectivity index (χ1) is 6.97. The third kappa shape index (κ3) is 5.90. The van der Waals surface area contributed by atoms with Crippen LogP contribution in [0.3, 0.4) is 0 Å². The van der Waals surface area contributed by atoms with E-state index < -0.39 is 6.17 Å². The van der Waals surface area contributed by atoms with E-state index in [0.717, 1.165) is 6.42 Å². The van der Waals surface area contributed by atoms with Gasteiger partial charge in [-0.15, -0.1) is 11.3 Å². The molecule has 3 heteroatoms. The van der Waals surface area contributed by atoms with Gasteiger partial charge in [0.15, 0.2) is 0 Å². The van der Waals surface area contributed by atoms with Crippen LogP contribution < -0.4 is 5.32 Å². The van der Waals surface area contributed by atoms with Crippen molar-refractivity contribution in [3.8, 4) is 0 Å². The molecule has 1 unspecified atom stereocenters. The summed E-state index contributed by atoms with van der Waals surface area (Å²) >= 11 is 1.70.